The Balaban J connectivity index is 2.27. The summed E-state index contributed by atoms with van der Waals surface area (Å²) >= 11 is 0. The van der Waals surface area contributed by atoms with Crippen molar-refractivity contribution in [2.75, 3.05) is 14.1 Å². The first-order valence-corrected chi connectivity index (χ1v) is 4.50. The van der Waals surface area contributed by atoms with Crippen LogP contribution in [0.4, 0.5) is 5.82 Å². The molecule has 0 radical (unpaired) electrons. The second-order valence-corrected chi connectivity index (χ2v) is 3.94. The number of hydrogen-bond donors (Lipinski definition) is 0. The van der Waals surface area contributed by atoms with E-state index in [-0.39, 0.29) is 5.82 Å². The van der Waals surface area contributed by atoms with Gasteiger partial charge in [0.2, 0.25) is 0 Å². The van der Waals surface area contributed by atoms with Gasteiger partial charge in [-0.2, -0.15) is 0 Å². The lowest BCUT2D eigenvalue weighted by Crippen LogP contribution is -2.46. The summed E-state index contributed by atoms with van der Waals surface area (Å²) in [5.74, 6) is -0.175. The summed E-state index contributed by atoms with van der Waals surface area (Å²) in [7, 11) is 3.78. The molecule has 0 aromatic carbocycles. The topological polar surface area (TPSA) is 73.4 Å². The van der Waals surface area contributed by atoms with Crippen molar-refractivity contribution < 1.29 is 9.66 Å². The van der Waals surface area contributed by atoms with E-state index in [1.165, 1.54) is 6.20 Å². The van der Waals surface area contributed by atoms with Gasteiger partial charge in [-0.05, 0) is 25.9 Å². The Bertz CT molecular complexity index is 389. The average Bonchev–Trinajstić information content (AvgIpc) is 2.59. The van der Waals surface area contributed by atoms with Crippen LogP contribution in [0.3, 0.4) is 0 Å². The summed E-state index contributed by atoms with van der Waals surface area (Å²) in [6.07, 6.45) is 1.39. The summed E-state index contributed by atoms with van der Waals surface area (Å²) in [4.78, 5) is 15.6. The molecule has 1 aromatic rings. The summed E-state index contributed by atoms with van der Waals surface area (Å²) in [5, 5.41) is 10.5. The molecule has 0 aliphatic carbocycles. The third-order valence-corrected chi connectivity index (χ3v) is 2.64. The molecule has 15 heavy (non-hydrogen) atoms. The van der Waals surface area contributed by atoms with E-state index in [1.54, 1.807) is 4.57 Å². The molecule has 82 valence electrons. The molecule has 1 atom stereocenters. The summed E-state index contributed by atoms with van der Waals surface area (Å²) in [5.41, 5.74) is -0.475. The molecule has 2 rings (SSSR count). The first-order valence-electron chi connectivity index (χ1n) is 4.50. The van der Waals surface area contributed by atoms with Crippen molar-refractivity contribution in [3.63, 3.8) is 0 Å². The molecule has 1 aliphatic rings. The van der Waals surface area contributed by atoms with Gasteiger partial charge >= 0.3 is 11.8 Å². The lowest BCUT2D eigenvalue weighted by molar-refractivity contribution is -0.389. The summed E-state index contributed by atoms with van der Waals surface area (Å²) in [6, 6.07) is 0.304. The average molecular weight is 212 g/mol. The number of likely N-dealkylation sites (N-methyl/N-ethyl adjacent to an activating group) is 1. The van der Waals surface area contributed by atoms with Crippen LogP contribution in [0.2, 0.25) is 0 Å². The van der Waals surface area contributed by atoms with Crippen LogP contribution in [0.1, 0.15) is 6.92 Å². The van der Waals surface area contributed by atoms with Crippen molar-refractivity contribution in [2.24, 2.45) is 0 Å². The van der Waals surface area contributed by atoms with Gasteiger partial charge < -0.3 is 14.9 Å². The third-order valence-electron chi connectivity index (χ3n) is 2.64. The fourth-order valence-electron chi connectivity index (χ4n) is 1.45. The van der Waals surface area contributed by atoms with Crippen LogP contribution in [0.5, 0.6) is 6.01 Å². The van der Waals surface area contributed by atoms with Crippen LogP contribution in [-0.2, 0) is 6.54 Å². The van der Waals surface area contributed by atoms with E-state index >= 15 is 0 Å². The Morgan fingerprint density at radius 1 is 1.73 bits per heavy atom. The summed E-state index contributed by atoms with van der Waals surface area (Å²) < 4.78 is 7.21. The van der Waals surface area contributed by atoms with Gasteiger partial charge in [0.15, 0.2) is 5.72 Å². The normalized spacial score (nSPS) is 24.0. The SMILES string of the molecule is CN(C)C1(C)Cn2cc([N+](=O)[O-])nc2O1. The van der Waals surface area contributed by atoms with Crippen molar-refractivity contribution >= 4 is 5.82 Å². The molecular formula is C8H12N4O3. The molecule has 0 saturated heterocycles. The van der Waals surface area contributed by atoms with Gasteiger partial charge in [-0.15, -0.1) is 0 Å². The Morgan fingerprint density at radius 3 is 2.87 bits per heavy atom. The highest BCUT2D eigenvalue weighted by Gasteiger charge is 2.41. The van der Waals surface area contributed by atoms with Crippen LogP contribution in [0.15, 0.2) is 6.20 Å². The Hall–Kier alpha value is -1.63. The molecular weight excluding hydrogens is 200 g/mol. The highest BCUT2D eigenvalue weighted by Crippen LogP contribution is 2.31. The Labute approximate surface area is 86.4 Å². The van der Waals surface area contributed by atoms with E-state index in [0.717, 1.165) is 0 Å². The number of imidazole rings is 1. The first-order chi connectivity index (χ1) is 6.92. The van der Waals surface area contributed by atoms with Gasteiger partial charge in [0, 0.05) is 4.98 Å². The van der Waals surface area contributed by atoms with Crippen molar-refractivity contribution in [3.05, 3.63) is 16.3 Å². The second-order valence-electron chi connectivity index (χ2n) is 3.94. The summed E-state index contributed by atoms with van der Waals surface area (Å²) in [6.45, 7) is 2.45. The van der Waals surface area contributed by atoms with Crippen molar-refractivity contribution in [3.8, 4) is 6.01 Å². The smallest absolute Gasteiger partial charge is 0.416 e. The van der Waals surface area contributed by atoms with Crippen LogP contribution in [0, 0.1) is 10.1 Å². The fraction of sp³-hybridized carbons (Fsp3) is 0.625. The van der Waals surface area contributed by atoms with E-state index in [1.807, 2.05) is 25.9 Å². The van der Waals surface area contributed by atoms with Crippen LogP contribution in [0.25, 0.3) is 0 Å². The minimum atomic E-state index is -0.526. The maximum Gasteiger partial charge on any atom is 0.416 e. The highest BCUT2D eigenvalue weighted by molar-refractivity contribution is 5.23. The first kappa shape index (κ1) is 9.91. The van der Waals surface area contributed by atoms with E-state index < -0.39 is 10.6 Å². The minimum absolute atomic E-state index is 0.175. The van der Waals surface area contributed by atoms with Crippen molar-refractivity contribution in [2.45, 2.75) is 19.2 Å². The fourth-order valence-corrected chi connectivity index (χ4v) is 1.45. The predicted molar refractivity (Wildman–Crippen MR) is 51.6 cm³/mol. The van der Waals surface area contributed by atoms with E-state index in [0.29, 0.717) is 12.6 Å². The van der Waals surface area contributed by atoms with Gasteiger partial charge in [-0.1, -0.05) is 0 Å². The van der Waals surface area contributed by atoms with E-state index in [2.05, 4.69) is 4.98 Å². The van der Waals surface area contributed by atoms with Crippen LogP contribution >= 0.6 is 0 Å². The zero-order valence-corrected chi connectivity index (χ0v) is 8.80. The van der Waals surface area contributed by atoms with Crippen molar-refractivity contribution in [1.29, 1.82) is 0 Å². The number of rotatable bonds is 2. The lowest BCUT2D eigenvalue weighted by Gasteiger charge is -2.29. The number of nitrogens with zero attached hydrogens (tertiary/aromatic N) is 4. The molecule has 0 spiro atoms. The standard InChI is InChI=1S/C8H12N4O3/c1-8(10(2)3)5-11-4-6(12(13)14)9-7(11)15-8/h4H,5H2,1-3H3. The molecule has 0 bridgehead atoms. The van der Waals surface area contributed by atoms with E-state index in [9.17, 15) is 10.1 Å². The van der Waals surface area contributed by atoms with Gasteiger partial charge in [0.1, 0.15) is 6.20 Å². The monoisotopic (exact) mass is 212 g/mol. The Kier molecular flexibility index (Phi) is 1.93. The van der Waals surface area contributed by atoms with Gasteiger partial charge in [-0.25, -0.2) is 0 Å². The molecule has 1 unspecified atom stereocenters. The molecule has 1 aliphatic heterocycles. The second kappa shape index (κ2) is 2.93. The number of hydrogen-bond acceptors (Lipinski definition) is 5. The van der Waals surface area contributed by atoms with Gasteiger partial charge in [0.05, 0.1) is 6.54 Å². The maximum atomic E-state index is 10.5. The number of ether oxygens (including phenoxy) is 1. The minimum Gasteiger partial charge on any atom is -0.422 e. The maximum absolute atomic E-state index is 10.5. The van der Waals surface area contributed by atoms with Gasteiger partial charge in [0.25, 0.3) is 0 Å². The lowest BCUT2D eigenvalue weighted by atomic mass is 10.2. The zero-order chi connectivity index (χ0) is 11.2. The molecule has 0 amide bonds. The molecule has 7 nitrogen and oxygen atoms in total. The molecule has 0 saturated carbocycles. The van der Waals surface area contributed by atoms with E-state index in [4.69, 9.17) is 4.74 Å². The quantitative estimate of drug-likeness (QED) is 0.526. The number of aromatic nitrogens is 2. The van der Waals surface area contributed by atoms with Crippen molar-refractivity contribution in [1.82, 2.24) is 14.5 Å². The van der Waals surface area contributed by atoms with Crippen LogP contribution in [-0.4, -0.2) is 39.2 Å². The molecule has 2 heterocycles. The zero-order valence-electron chi connectivity index (χ0n) is 8.80. The van der Waals surface area contributed by atoms with Gasteiger partial charge in [-0.3, -0.25) is 9.47 Å². The highest BCUT2D eigenvalue weighted by atomic mass is 16.6. The predicted octanol–water partition coefficient (Wildman–Crippen LogP) is 0.461. The number of nitro groups is 1. The molecule has 7 heteroatoms. The Morgan fingerprint density at radius 2 is 2.40 bits per heavy atom. The number of fused-ring (bicyclic) bond motifs is 1. The van der Waals surface area contributed by atoms with Crippen LogP contribution < -0.4 is 4.74 Å². The molecule has 0 fully saturated rings. The molecule has 1 aromatic heterocycles. The largest absolute Gasteiger partial charge is 0.422 e. The molecule has 0 N–H and O–H groups in total. The third kappa shape index (κ3) is 1.44.